The van der Waals surface area contributed by atoms with E-state index in [9.17, 15) is 0 Å². The van der Waals surface area contributed by atoms with Crippen molar-refractivity contribution in [1.29, 1.82) is 0 Å². The Bertz CT molecular complexity index is 421. The van der Waals surface area contributed by atoms with Gasteiger partial charge in [-0.05, 0) is 49.3 Å². The van der Waals surface area contributed by atoms with Crippen LogP contribution in [0.1, 0.15) is 50.2 Å². The van der Waals surface area contributed by atoms with Crippen molar-refractivity contribution >= 4 is 0 Å². The Kier molecular flexibility index (Phi) is 5.15. The molecule has 0 spiro atoms. The lowest BCUT2D eigenvalue weighted by atomic mass is 10.1. The van der Waals surface area contributed by atoms with Crippen molar-refractivity contribution in [3.63, 3.8) is 0 Å². The lowest BCUT2D eigenvalue weighted by Crippen LogP contribution is -2.26. The molecule has 1 unspecified atom stereocenters. The van der Waals surface area contributed by atoms with Crippen LogP contribution in [0, 0.1) is 5.92 Å². The van der Waals surface area contributed by atoms with Gasteiger partial charge in [-0.15, -0.1) is 0 Å². The Morgan fingerprint density at radius 1 is 1.10 bits per heavy atom. The first-order valence-corrected chi connectivity index (χ1v) is 8.34. The first-order chi connectivity index (χ1) is 10.3. The summed E-state index contributed by atoms with van der Waals surface area (Å²) < 4.78 is 11.5. The summed E-state index contributed by atoms with van der Waals surface area (Å²) in [6, 6.07) is 9.04. The van der Waals surface area contributed by atoms with Crippen LogP contribution in [-0.2, 0) is 4.74 Å². The van der Waals surface area contributed by atoms with Crippen LogP contribution in [-0.4, -0.2) is 26.3 Å². The van der Waals surface area contributed by atoms with Crippen molar-refractivity contribution in [3.8, 4) is 5.75 Å². The van der Waals surface area contributed by atoms with Gasteiger partial charge in [0.05, 0.1) is 19.8 Å². The quantitative estimate of drug-likeness (QED) is 0.791. The molecule has 0 aliphatic heterocycles. The molecule has 1 aromatic carbocycles. The maximum Gasteiger partial charge on any atom is 0.118 e. The van der Waals surface area contributed by atoms with Gasteiger partial charge in [-0.25, -0.2) is 0 Å². The fraction of sp³-hybridized carbons (Fsp3) is 0.667. The third-order valence-corrected chi connectivity index (χ3v) is 4.66. The van der Waals surface area contributed by atoms with Gasteiger partial charge >= 0.3 is 0 Å². The molecular formula is C18H27NO2. The van der Waals surface area contributed by atoms with Gasteiger partial charge in [-0.1, -0.05) is 25.0 Å². The third kappa shape index (κ3) is 4.45. The highest BCUT2D eigenvalue weighted by molar-refractivity contribution is 5.28. The van der Waals surface area contributed by atoms with Gasteiger partial charge in [0, 0.05) is 12.6 Å². The number of methoxy groups -OCH3 is 1. The Labute approximate surface area is 128 Å². The van der Waals surface area contributed by atoms with Crippen molar-refractivity contribution in [3.05, 3.63) is 29.8 Å². The Morgan fingerprint density at radius 3 is 2.43 bits per heavy atom. The highest BCUT2D eigenvalue weighted by Gasteiger charge is 2.24. The molecule has 1 aromatic rings. The van der Waals surface area contributed by atoms with Gasteiger partial charge in [-0.3, -0.25) is 0 Å². The lowest BCUT2D eigenvalue weighted by molar-refractivity contribution is 0.0292. The van der Waals surface area contributed by atoms with Crippen LogP contribution < -0.4 is 10.1 Å². The van der Waals surface area contributed by atoms with E-state index in [1.165, 1.54) is 44.1 Å². The van der Waals surface area contributed by atoms with E-state index in [0.29, 0.717) is 0 Å². The number of rotatable bonds is 8. The van der Waals surface area contributed by atoms with Crippen molar-refractivity contribution in [2.24, 2.45) is 5.92 Å². The number of hydrogen-bond donors (Lipinski definition) is 1. The van der Waals surface area contributed by atoms with E-state index in [4.69, 9.17) is 9.47 Å². The second-order valence-electron chi connectivity index (χ2n) is 6.43. The Hall–Kier alpha value is -1.06. The fourth-order valence-electron chi connectivity index (χ4n) is 3.08. The SMILES string of the molecule is COc1ccc(C(CNC2CC2)OCC2CCCC2)cc1. The molecule has 2 fully saturated rings. The molecule has 3 nitrogen and oxygen atoms in total. The zero-order chi connectivity index (χ0) is 14.5. The number of hydrogen-bond acceptors (Lipinski definition) is 3. The summed E-state index contributed by atoms with van der Waals surface area (Å²) in [7, 11) is 1.71. The van der Waals surface area contributed by atoms with Crippen LogP contribution in [0.2, 0.25) is 0 Å². The largest absolute Gasteiger partial charge is 0.497 e. The monoisotopic (exact) mass is 289 g/mol. The van der Waals surface area contributed by atoms with E-state index < -0.39 is 0 Å². The van der Waals surface area contributed by atoms with Crippen LogP contribution >= 0.6 is 0 Å². The minimum atomic E-state index is 0.164. The van der Waals surface area contributed by atoms with Gasteiger partial charge in [0.15, 0.2) is 0 Å². The van der Waals surface area contributed by atoms with E-state index in [1.54, 1.807) is 7.11 Å². The summed E-state index contributed by atoms with van der Waals surface area (Å²) in [5.41, 5.74) is 1.25. The van der Waals surface area contributed by atoms with Gasteiger partial charge in [-0.2, -0.15) is 0 Å². The number of ether oxygens (including phenoxy) is 2. The van der Waals surface area contributed by atoms with E-state index >= 15 is 0 Å². The van der Waals surface area contributed by atoms with Gasteiger partial charge in [0.1, 0.15) is 5.75 Å². The highest BCUT2D eigenvalue weighted by atomic mass is 16.5. The lowest BCUT2D eigenvalue weighted by Gasteiger charge is -2.21. The van der Waals surface area contributed by atoms with Crippen molar-refractivity contribution in [2.45, 2.75) is 50.7 Å². The van der Waals surface area contributed by atoms with Crippen LogP contribution in [0.5, 0.6) is 5.75 Å². The van der Waals surface area contributed by atoms with E-state index in [-0.39, 0.29) is 6.10 Å². The van der Waals surface area contributed by atoms with Crippen LogP contribution in [0.4, 0.5) is 0 Å². The summed E-state index contributed by atoms with van der Waals surface area (Å²) in [4.78, 5) is 0. The molecule has 2 aliphatic carbocycles. The first kappa shape index (κ1) is 14.9. The average Bonchev–Trinajstić information content (AvgIpc) is 3.21. The molecule has 0 amide bonds. The summed E-state index contributed by atoms with van der Waals surface area (Å²) in [6.07, 6.45) is 8.23. The predicted molar refractivity (Wildman–Crippen MR) is 84.7 cm³/mol. The molecule has 0 heterocycles. The first-order valence-electron chi connectivity index (χ1n) is 8.34. The van der Waals surface area contributed by atoms with Crippen LogP contribution in [0.15, 0.2) is 24.3 Å². The predicted octanol–water partition coefficient (Wildman–Crippen LogP) is 3.70. The van der Waals surface area contributed by atoms with Crippen molar-refractivity contribution < 1.29 is 9.47 Å². The molecule has 0 bridgehead atoms. The van der Waals surface area contributed by atoms with E-state index in [1.807, 2.05) is 12.1 Å². The molecule has 1 atom stereocenters. The molecule has 0 saturated heterocycles. The molecule has 116 valence electrons. The maximum absolute atomic E-state index is 6.26. The topological polar surface area (TPSA) is 30.5 Å². The maximum atomic E-state index is 6.26. The fourth-order valence-corrected chi connectivity index (χ4v) is 3.08. The van der Waals surface area contributed by atoms with Crippen molar-refractivity contribution in [1.82, 2.24) is 5.32 Å². The standard InChI is InChI=1S/C18H27NO2/c1-20-17-10-6-15(7-11-17)18(12-19-16-8-9-16)21-13-14-4-2-3-5-14/h6-7,10-11,14,16,18-19H,2-5,8-9,12-13H2,1H3. The van der Waals surface area contributed by atoms with Gasteiger partial charge < -0.3 is 14.8 Å². The molecule has 0 aromatic heterocycles. The normalized spacial score (nSPS) is 20.6. The number of benzene rings is 1. The molecule has 2 aliphatic rings. The smallest absolute Gasteiger partial charge is 0.118 e. The van der Waals surface area contributed by atoms with Crippen LogP contribution in [0.25, 0.3) is 0 Å². The minimum Gasteiger partial charge on any atom is -0.497 e. The van der Waals surface area contributed by atoms with Crippen LogP contribution in [0.3, 0.4) is 0 Å². The Balaban J connectivity index is 1.58. The second kappa shape index (κ2) is 7.28. The zero-order valence-corrected chi connectivity index (χ0v) is 13.0. The average molecular weight is 289 g/mol. The summed E-state index contributed by atoms with van der Waals surface area (Å²) in [6.45, 7) is 1.83. The van der Waals surface area contributed by atoms with E-state index in [0.717, 1.165) is 30.9 Å². The van der Waals surface area contributed by atoms with E-state index in [2.05, 4.69) is 17.4 Å². The molecular weight excluding hydrogens is 262 g/mol. The molecule has 21 heavy (non-hydrogen) atoms. The molecule has 0 radical (unpaired) electrons. The van der Waals surface area contributed by atoms with Gasteiger partial charge in [0.25, 0.3) is 0 Å². The zero-order valence-electron chi connectivity index (χ0n) is 13.0. The Morgan fingerprint density at radius 2 is 1.81 bits per heavy atom. The molecule has 1 N–H and O–H groups in total. The highest BCUT2D eigenvalue weighted by Crippen LogP contribution is 2.28. The van der Waals surface area contributed by atoms with Gasteiger partial charge in [0.2, 0.25) is 0 Å². The van der Waals surface area contributed by atoms with Crippen molar-refractivity contribution in [2.75, 3.05) is 20.3 Å². The molecule has 2 saturated carbocycles. The summed E-state index contributed by atoms with van der Waals surface area (Å²) in [5.74, 6) is 1.68. The minimum absolute atomic E-state index is 0.164. The summed E-state index contributed by atoms with van der Waals surface area (Å²) in [5, 5.41) is 3.60. The second-order valence-corrected chi connectivity index (χ2v) is 6.43. The third-order valence-electron chi connectivity index (χ3n) is 4.66. The number of nitrogens with one attached hydrogen (secondary N) is 1. The molecule has 3 rings (SSSR count). The summed E-state index contributed by atoms with van der Waals surface area (Å²) >= 11 is 0. The molecule has 3 heteroatoms.